The average Bonchev–Trinajstić information content (AvgIpc) is 2.45. The van der Waals surface area contributed by atoms with E-state index >= 15 is 0 Å². The van der Waals surface area contributed by atoms with Crippen LogP contribution in [0.4, 0.5) is 5.69 Å². The molecule has 1 aromatic rings. The van der Waals surface area contributed by atoms with E-state index in [2.05, 4.69) is 4.74 Å². The van der Waals surface area contributed by atoms with E-state index in [0.29, 0.717) is 0 Å². The third-order valence-electron chi connectivity index (χ3n) is 1.40. The number of anilines is 1. The summed E-state index contributed by atoms with van der Waals surface area (Å²) in [7, 11) is 1.18. The quantitative estimate of drug-likeness (QED) is 0.691. The van der Waals surface area contributed by atoms with Gasteiger partial charge in [-0.3, -0.25) is 0 Å². The molecule has 1 aromatic heterocycles. The van der Waals surface area contributed by atoms with E-state index in [0.717, 1.165) is 11.3 Å². The summed E-state index contributed by atoms with van der Waals surface area (Å²) >= 11 is 0.957. The number of aromatic carboxylic acids is 1. The molecule has 0 amide bonds. The van der Waals surface area contributed by atoms with Crippen LogP contribution in [0, 0.1) is 0 Å². The summed E-state index contributed by atoms with van der Waals surface area (Å²) in [6.07, 6.45) is 0. The number of ether oxygens (including phenoxy) is 1. The molecular weight excluding hydrogens is 194 g/mol. The predicted octanol–water partition coefficient (Wildman–Crippen LogP) is 0.815. The fourth-order valence-corrected chi connectivity index (χ4v) is 1.70. The maximum atomic E-state index is 11.0. The van der Waals surface area contributed by atoms with Gasteiger partial charge in [-0.05, 0) is 0 Å². The highest BCUT2D eigenvalue weighted by atomic mass is 32.1. The van der Waals surface area contributed by atoms with Gasteiger partial charge in [0.25, 0.3) is 0 Å². The lowest BCUT2D eigenvalue weighted by Gasteiger charge is -1.97. The van der Waals surface area contributed by atoms with E-state index in [1.54, 1.807) is 0 Å². The minimum Gasteiger partial charge on any atom is -0.478 e. The van der Waals surface area contributed by atoms with Crippen LogP contribution in [0.5, 0.6) is 0 Å². The van der Waals surface area contributed by atoms with Gasteiger partial charge < -0.3 is 15.6 Å². The molecule has 0 aliphatic rings. The zero-order valence-corrected chi connectivity index (χ0v) is 7.55. The van der Waals surface area contributed by atoms with Gasteiger partial charge in [-0.2, -0.15) is 0 Å². The Morgan fingerprint density at radius 2 is 2.23 bits per heavy atom. The largest absolute Gasteiger partial charge is 0.478 e. The fourth-order valence-electron chi connectivity index (χ4n) is 0.835. The van der Waals surface area contributed by atoms with E-state index in [9.17, 15) is 9.59 Å². The molecule has 6 heteroatoms. The summed E-state index contributed by atoms with van der Waals surface area (Å²) in [6.45, 7) is 0. The second kappa shape index (κ2) is 3.44. The van der Waals surface area contributed by atoms with Crippen LogP contribution in [0.15, 0.2) is 5.38 Å². The molecule has 0 saturated heterocycles. The molecule has 0 bridgehead atoms. The maximum absolute atomic E-state index is 11.0. The van der Waals surface area contributed by atoms with Crippen molar-refractivity contribution in [3.8, 4) is 0 Å². The van der Waals surface area contributed by atoms with Gasteiger partial charge >= 0.3 is 11.9 Å². The van der Waals surface area contributed by atoms with Gasteiger partial charge in [0, 0.05) is 5.38 Å². The van der Waals surface area contributed by atoms with Crippen LogP contribution >= 0.6 is 11.3 Å². The summed E-state index contributed by atoms with van der Waals surface area (Å²) in [5.41, 5.74) is 5.25. The number of rotatable bonds is 2. The Balaban J connectivity index is 3.22. The lowest BCUT2D eigenvalue weighted by Crippen LogP contribution is -2.08. The van der Waals surface area contributed by atoms with Crippen LogP contribution in [0.3, 0.4) is 0 Å². The monoisotopic (exact) mass is 201 g/mol. The van der Waals surface area contributed by atoms with Gasteiger partial charge in [0.1, 0.15) is 10.4 Å². The molecular formula is C7H7NO4S. The molecule has 0 atom stereocenters. The predicted molar refractivity (Wildman–Crippen MR) is 47.0 cm³/mol. The van der Waals surface area contributed by atoms with Crippen LogP contribution in [-0.4, -0.2) is 24.2 Å². The van der Waals surface area contributed by atoms with Gasteiger partial charge in [0.2, 0.25) is 0 Å². The molecule has 13 heavy (non-hydrogen) atoms. The van der Waals surface area contributed by atoms with Crippen molar-refractivity contribution in [3.63, 3.8) is 0 Å². The SMILES string of the molecule is COC(=O)c1scc(N)c1C(=O)O. The first-order valence-corrected chi connectivity index (χ1v) is 4.14. The van der Waals surface area contributed by atoms with E-state index in [-0.39, 0.29) is 16.1 Å². The van der Waals surface area contributed by atoms with Crippen LogP contribution in [0.2, 0.25) is 0 Å². The van der Waals surface area contributed by atoms with Crippen molar-refractivity contribution in [2.45, 2.75) is 0 Å². The number of hydrogen-bond donors (Lipinski definition) is 2. The molecule has 0 spiro atoms. The molecule has 5 nitrogen and oxygen atoms in total. The van der Waals surface area contributed by atoms with E-state index in [1.165, 1.54) is 12.5 Å². The second-order valence-corrected chi connectivity index (χ2v) is 3.07. The number of carbonyl (C=O) groups excluding carboxylic acids is 1. The summed E-state index contributed by atoms with van der Waals surface area (Å²) in [4.78, 5) is 21.7. The first-order valence-electron chi connectivity index (χ1n) is 3.26. The van der Waals surface area contributed by atoms with Crippen molar-refractivity contribution in [2.24, 2.45) is 0 Å². The number of esters is 1. The lowest BCUT2D eigenvalue weighted by molar-refractivity contribution is 0.0589. The molecule has 0 aromatic carbocycles. The zero-order valence-electron chi connectivity index (χ0n) is 6.73. The second-order valence-electron chi connectivity index (χ2n) is 2.19. The minimum absolute atomic E-state index is 0.0208. The molecule has 0 aliphatic carbocycles. The Hall–Kier alpha value is -1.56. The number of thiophene rings is 1. The van der Waals surface area contributed by atoms with Crippen molar-refractivity contribution in [3.05, 3.63) is 15.8 Å². The van der Waals surface area contributed by atoms with Gasteiger partial charge in [0.05, 0.1) is 12.8 Å². The Bertz CT molecular complexity index is 357. The van der Waals surface area contributed by atoms with E-state index in [4.69, 9.17) is 10.8 Å². The maximum Gasteiger partial charge on any atom is 0.349 e. The Morgan fingerprint density at radius 1 is 1.62 bits per heavy atom. The van der Waals surface area contributed by atoms with Crippen LogP contribution in [0.25, 0.3) is 0 Å². The van der Waals surface area contributed by atoms with Crippen LogP contribution in [0.1, 0.15) is 20.0 Å². The van der Waals surface area contributed by atoms with E-state index < -0.39 is 11.9 Å². The first-order chi connectivity index (χ1) is 6.07. The molecule has 0 aliphatic heterocycles. The van der Waals surface area contributed by atoms with Gasteiger partial charge in [-0.15, -0.1) is 11.3 Å². The van der Waals surface area contributed by atoms with Crippen molar-refractivity contribution in [1.29, 1.82) is 0 Å². The Kier molecular flexibility index (Phi) is 2.52. The van der Waals surface area contributed by atoms with Gasteiger partial charge in [-0.1, -0.05) is 0 Å². The molecule has 3 N–H and O–H groups in total. The highest BCUT2D eigenvalue weighted by Gasteiger charge is 2.22. The minimum atomic E-state index is -1.22. The molecule has 0 fully saturated rings. The normalized spacial score (nSPS) is 9.62. The van der Waals surface area contributed by atoms with Crippen LogP contribution in [-0.2, 0) is 4.74 Å². The molecule has 1 heterocycles. The average molecular weight is 201 g/mol. The summed E-state index contributed by atoms with van der Waals surface area (Å²) in [5.74, 6) is -1.90. The molecule has 0 unspecified atom stereocenters. The Labute approximate surface area is 77.7 Å². The number of methoxy groups -OCH3 is 1. The topological polar surface area (TPSA) is 89.6 Å². The number of nitrogen functional groups attached to an aromatic ring is 1. The highest BCUT2D eigenvalue weighted by Crippen LogP contribution is 2.25. The zero-order chi connectivity index (χ0) is 10.0. The summed E-state index contributed by atoms with van der Waals surface area (Å²) < 4.78 is 4.39. The molecule has 0 saturated carbocycles. The van der Waals surface area contributed by atoms with E-state index in [1.807, 2.05) is 0 Å². The lowest BCUT2D eigenvalue weighted by atomic mass is 10.2. The Morgan fingerprint density at radius 3 is 2.69 bits per heavy atom. The first kappa shape index (κ1) is 9.53. The standard InChI is InChI=1S/C7H7NO4S/c1-12-7(11)5-4(6(9)10)3(8)2-13-5/h2H,8H2,1H3,(H,9,10). The van der Waals surface area contributed by atoms with Crippen molar-refractivity contribution in [2.75, 3.05) is 12.8 Å². The number of carbonyl (C=O) groups is 2. The molecule has 0 radical (unpaired) electrons. The fraction of sp³-hybridized carbons (Fsp3) is 0.143. The van der Waals surface area contributed by atoms with Gasteiger partial charge in [0.15, 0.2) is 0 Å². The number of carboxylic acids is 1. The van der Waals surface area contributed by atoms with Crippen LogP contribution < -0.4 is 5.73 Å². The third kappa shape index (κ3) is 1.62. The summed E-state index contributed by atoms with van der Waals surface area (Å²) in [6, 6.07) is 0. The number of nitrogens with two attached hydrogens (primary N) is 1. The number of hydrogen-bond acceptors (Lipinski definition) is 5. The molecule has 1 rings (SSSR count). The van der Waals surface area contributed by atoms with Crippen molar-refractivity contribution in [1.82, 2.24) is 0 Å². The summed E-state index contributed by atoms with van der Waals surface area (Å²) in [5, 5.41) is 10.1. The third-order valence-corrected chi connectivity index (χ3v) is 2.38. The van der Waals surface area contributed by atoms with Crippen molar-refractivity contribution < 1.29 is 19.4 Å². The molecule has 70 valence electrons. The van der Waals surface area contributed by atoms with Crippen molar-refractivity contribution >= 4 is 29.0 Å². The number of carboxylic acid groups (broad SMARTS) is 1. The smallest absolute Gasteiger partial charge is 0.349 e. The highest BCUT2D eigenvalue weighted by molar-refractivity contribution is 7.13. The van der Waals surface area contributed by atoms with Gasteiger partial charge in [-0.25, -0.2) is 9.59 Å².